The van der Waals surface area contributed by atoms with E-state index in [1.54, 1.807) is 0 Å². The van der Waals surface area contributed by atoms with Crippen molar-refractivity contribution in [1.82, 2.24) is 0 Å². The number of thioether (sulfide) groups is 6. The van der Waals surface area contributed by atoms with E-state index >= 15 is 0 Å². The van der Waals surface area contributed by atoms with E-state index in [2.05, 4.69) is 0 Å². The quantitative estimate of drug-likeness (QED) is 0.0427. The Balaban J connectivity index is 1.30. The van der Waals surface area contributed by atoms with Gasteiger partial charge in [-0.05, 0) is 0 Å². The molecule has 22 aliphatic rings. The molecule has 22 aliphatic heterocycles. The van der Waals surface area contributed by atoms with E-state index in [4.69, 9.17) is 56.8 Å². The summed E-state index contributed by atoms with van der Waals surface area (Å²) in [6.45, 7) is 0. The highest BCUT2D eigenvalue weighted by Crippen LogP contribution is 2.40. The van der Waals surface area contributed by atoms with Gasteiger partial charge in [-0.3, -0.25) is 28.8 Å². The molecular weight excluding hydrogens is 1340 g/mol. The fraction of sp³-hybridized carbons (Fsp3) is 0.875. The van der Waals surface area contributed by atoms with E-state index in [1.807, 2.05) is 0 Å². The first-order valence-corrected chi connectivity index (χ1v) is 34.3. The van der Waals surface area contributed by atoms with Crippen molar-refractivity contribution in [1.29, 1.82) is 0 Å². The topological polar surface area (TPSA) is 577 Å². The van der Waals surface area contributed by atoms with E-state index in [-0.39, 0.29) is 0 Å². The van der Waals surface area contributed by atoms with Gasteiger partial charge in [-0.1, -0.05) is 0 Å². The summed E-state index contributed by atoms with van der Waals surface area (Å²) < 4.78 is 72.7. The van der Waals surface area contributed by atoms with E-state index in [0.29, 0.717) is 70.6 Å². The van der Waals surface area contributed by atoms with Crippen molar-refractivity contribution in [3.63, 3.8) is 0 Å². The van der Waals surface area contributed by atoms with Crippen LogP contribution in [0.15, 0.2) is 0 Å². The Morgan fingerprint density at radius 3 is 0.444 bits per heavy atom. The predicted octanol–water partition coefficient (Wildman–Crippen LogP) is -8.10. The van der Waals surface area contributed by atoms with Gasteiger partial charge in [-0.15, -0.1) is 70.6 Å². The largest absolute Gasteiger partial charge is 0.481 e. The Morgan fingerprint density at radius 1 is 0.211 bits per heavy atom. The summed E-state index contributed by atoms with van der Waals surface area (Å²) in [6.07, 6.45) is -60.5. The minimum absolute atomic E-state index is 0.444. The van der Waals surface area contributed by atoms with Crippen molar-refractivity contribution in [2.75, 3.05) is 69.0 Å². The van der Waals surface area contributed by atoms with Crippen LogP contribution < -0.4 is 0 Å². The molecular formula is C48H72O36S6. The van der Waals surface area contributed by atoms with Crippen LogP contribution in [0.1, 0.15) is 0 Å². The zero-order valence-corrected chi connectivity index (χ0v) is 51.6. The molecule has 90 heavy (non-hydrogen) atoms. The second kappa shape index (κ2) is 34.8. The lowest BCUT2D eigenvalue weighted by atomic mass is 9.95. The molecule has 12 bridgehead atoms. The zero-order valence-electron chi connectivity index (χ0n) is 46.7. The Labute approximate surface area is 534 Å². The minimum atomic E-state index is -2.27. The van der Waals surface area contributed by atoms with Gasteiger partial charge in [0.05, 0.1) is 71.1 Å². The SMILES string of the molecule is O=C(O)CSCC1O[C@@H]2O[C@@H]3C(CSCC(=O)O)O[C@H](O[C@@H]4C(CSCC(=O)O)O[C@H](O[C@@H]5C(CSCC(=O)O)O[C@H](O[C@@H]6C(CSCC(=O)O)O[C@H](O[C@@H]7C(CSCC(=O)O)O[C@H](O[C@H]1C(O)C2O)C(O)C7O)C(O)C6O)C(O)C5O)C(O)C4O)C(O)C3O. The van der Waals surface area contributed by atoms with Crippen LogP contribution in [0.2, 0.25) is 0 Å². The highest BCUT2D eigenvalue weighted by Gasteiger charge is 2.59. The van der Waals surface area contributed by atoms with Gasteiger partial charge in [0.2, 0.25) is 0 Å². The highest BCUT2D eigenvalue weighted by molar-refractivity contribution is 8.01. The maximum Gasteiger partial charge on any atom is 0.313 e. The lowest BCUT2D eigenvalue weighted by Gasteiger charge is -2.51. The number of aliphatic hydroxyl groups is 12. The van der Waals surface area contributed by atoms with Crippen LogP contribution in [-0.2, 0) is 85.6 Å². The molecule has 0 aromatic carbocycles. The Bertz CT molecular complexity index is 1960. The van der Waals surface area contributed by atoms with Crippen LogP contribution in [0.3, 0.4) is 0 Å². The first-order chi connectivity index (χ1) is 42.6. The molecule has 22 rings (SSSR count). The highest BCUT2D eigenvalue weighted by atomic mass is 32.2. The van der Waals surface area contributed by atoms with Gasteiger partial charge in [-0.25, -0.2) is 0 Å². The molecule has 18 N–H and O–H groups in total. The normalized spacial score (nSPS) is 43.5. The zero-order chi connectivity index (χ0) is 66.0. The fourth-order valence-electron chi connectivity index (χ4n) is 10.4. The standard InChI is InChI=1S/C48H72O36S6/c49-19(50)7-85-1-13-37-25(61)31(67)43(73-13)80-38-14(2-86-8-20(51)52)75-45(33(69)27(38)63)82-40-16(4-88-10-22(55)56)77-47(35(71)29(40)65)84-42-18(6-90-12-24(59)60)78-48(36(72)30(42)66)83-41-17(5-89-11-23(57)58)76-46(34(70)28(41)64)81-39-15(3-87-9-21(53)54)74-44(79-37)32(68)26(39)62/h13-18,25-48,61-72H,1-12H2,(H,49,50)(H,51,52)(H,53,54)(H,55,56)(H,57,58)(H,59,60)/t13?,14?,15?,16?,17?,18?,25?,26?,27?,28?,29?,30?,31?,32?,33?,34?,35?,36?,37-,38-,39-,40-,41-,42-,43-,44-,45-,46-,47-,48-/m1/s1. The van der Waals surface area contributed by atoms with Gasteiger partial charge in [0.25, 0.3) is 0 Å². The number of carbonyl (C=O) groups is 6. The summed E-state index contributed by atoms with van der Waals surface area (Å²) in [7, 11) is 0. The number of carboxylic acids is 6. The Hall–Kier alpha value is -2.04. The molecule has 22 heterocycles. The van der Waals surface area contributed by atoms with Crippen LogP contribution in [0.5, 0.6) is 0 Å². The smallest absolute Gasteiger partial charge is 0.313 e. The molecule has 0 radical (unpaired) electrons. The second-order valence-electron chi connectivity index (χ2n) is 21.2. The lowest BCUT2D eigenvalue weighted by Crippen LogP contribution is -2.69. The van der Waals surface area contributed by atoms with Crippen LogP contribution in [0, 0.1) is 0 Å². The molecule has 36 nitrogen and oxygen atoms in total. The molecule has 0 aliphatic carbocycles. The Kier molecular flexibility index (Phi) is 29.1. The van der Waals surface area contributed by atoms with E-state index < -0.39 is 289 Å². The summed E-state index contributed by atoms with van der Waals surface area (Å²) in [5.74, 6) is -14.3. The average Bonchev–Trinajstić information content (AvgIpc) is 1.00. The molecule has 42 heteroatoms. The third kappa shape index (κ3) is 19.6. The van der Waals surface area contributed by atoms with Crippen LogP contribution in [0.25, 0.3) is 0 Å². The van der Waals surface area contributed by atoms with Gasteiger partial charge in [-0.2, -0.15) is 0 Å². The van der Waals surface area contributed by atoms with Crippen molar-refractivity contribution in [3.05, 3.63) is 0 Å². The molecule has 22 fully saturated rings. The maximum atomic E-state index is 11.9. The van der Waals surface area contributed by atoms with Gasteiger partial charge in [0.15, 0.2) is 37.7 Å². The van der Waals surface area contributed by atoms with Crippen molar-refractivity contribution in [2.24, 2.45) is 0 Å². The number of ether oxygens (including phenoxy) is 12. The van der Waals surface area contributed by atoms with E-state index in [0.717, 1.165) is 0 Å². The first-order valence-electron chi connectivity index (χ1n) is 27.4. The lowest BCUT2D eigenvalue weighted by molar-refractivity contribution is -0.396. The molecule has 0 aromatic rings. The third-order valence-corrected chi connectivity index (χ3v) is 20.7. The van der Waals surface area contributed by atoms with Crippen molar-refractivity contribution >= 4 is 106 Å². The Morgan fingerprint density at radius 2 is 0.333 bits per heavy atom. The van der Waals surface area contributed by atoms with Gasteiger partial charge >= 0.3 is 35.8 Å². The third-order valence-electron chi connectivity index (χ3n) is 14.6. The number of aliphatic carboxylic acids is 6. The minimum Gasteiger partial charge on any atom is -0.481 e. The number of hydrogen-bond acceptors (Lipinski definition) is 36. The van der Waals surface area contributed by atoms with Gasteiger partial charge in [0.1, 0.15) is 110 Å². The fourth-order valence-corrected chi connectivity index (χ4v) is 15.2. The van der Waals surface area contributed by atoms with E-state index in [9.17, 15) is 121 Å². The van der Waals surface area contributed by atoms with Gasteiger partial charge in [0, 0.05) is 34.5 Å². The van der Waals surface area contributed by atoms with Crippen molar-refractivity contribution in [2.45, 2.75) is 184 Å². The summed E-state index contributed by atoms with van der Waals surface area (Å²) in [6, 6.07) is 0. The van der Waals surface area contributed by atoms with Crippen molar-refractivity contribution < 1.29 is 178 Å². The number of rotatable bonds is 24. The van der Waals surface area contributed by atoms with E-state index in [1.165, 1.54) is 0 Å². The monoisotopic (exact) mass is 1420 g/mol. The molecule has 516 valence electrons. The maximum absolute atomic E-state index is 11.9. The summed E-state index contributed by atoms with van der Waals surface area (Å²) in [5.41, 5.74) is 0. The average molecular weight is 1420 g/mol. The van der Waals surface area contributed by atoms with Crippen LogP contribution in [0.4, 0.5) is 0 Å². The summed E-state index contributed by atoms with van der Waals surface area (Å²) >= 11 is 4.05. The molecule has 0 amide bonds. The molecule has 22 saturated heterocycles. The summed E-state index contributed by atoms with van der Waals surface area (Å²) in [4.78, 5) is 70.3. The van der Waals surface area contributed by atoms with Crippen LogP contribution in [-0.4, -0.2) is 381 Å². The number of aliphatic hydroxyl groups excluding tert-OH is 12. The molecule has 0 spiro atoms. The molecule has 0 saturated carbocycles. The molecule has 30 atom stereocenters. The van der Waals surface area contributed by atoms with Crippen molar-refractivity contribution in [3.8, 4) is 0 Å². The first kappa shape index (κ1) is 75.3. The van der Waals surface area contributed by atoms with Crippen LogP contribution >= 0.6 is 70.6 Å². The predicted molar refractivity (Wildman–Crippen MR) is 303 cm³/mol. The summed E-state index contributed by atoms with van der Waals surface area (Å²) in [5, 5.41) is 199. The molecule has 0 aromatic heterocycles. The number of hydrogen-bond donors (Lipinski definition) is 18. The molecule has 18 unspecified atom stereocenters. The number of carboxylic acid groups (broad SMARTS) is 6. The van der Waals surface area contributed by atoms with Gasteiger partial charge < -0.3 is 149 Å². The second-order valence-corrected chi connectivity index (χ2v) is 27.4.